The molecule has 0 spiro atoms. The van der Waals surface area contributed by atoms with Crippen molar-refractivity contribution >= 4 is 5.97 Å². The molecule has 3 nitrogen and oxygen atoms in total. The number of phenolic OH excluding ortho intramolecular Hbond substituents is 1. The number of phenols is 1. The fourth-order valence-electron chi connectivity index (χ4n) is 1.17. The Morgan fingerprint density at radius 1 is 1.43 bits per heavy atom. The van der Waals surface area contributed by atoms with Crippen LogP contribution in [0.4, 0.5) is 0 Å². The minimum atomic E-state index is -0.282. The van der Waals surface area contributed by atoms with Crippen molar-refractivity contribution in [1.82, 2.24) is 0 Å². The number of hydrogen-bond acceptors (Lipinski definition) is 3. The van der Waals surface area contributed by atoms with Crippen LogP contribution in [-0.4, -0.2) is 17.7 Å². The van der Waals surface area contributed by atoms with E-state index in [2.05, 4.69) is 0 Å². The van der Waals surface area contributed by atoms with E-state index in [0.29, 0.717) is 6.61 Å². The van der Waals surface area contributed by atoms with Gasteiger partial charge in [0.2, 0.25) is 0 Å². The molecule has 1 atom stereocenters. The van der Waals surface area contributed by atoms with E-state index in [0.717, 1.165) is 5.56 Å². The SMILES string of the molecule is CCOC(=O)[C@H](C)c1ccc(O)cc1. The average Bonchev–Trinajstić information content (AvgIpc) is 2.18. The van der Waals surface area contributed by atoms with Gasteiger partial charge in [-0.25, -0.2) is 0 Å². The van der Waals surface area contributed by atoms with Crippen LogP contribution < -0.4 is 0 Å². The summed E-state index contributed by atoms with van der Waals surface area (Å²) in [5.41, 5.74) is 0.848. The third-order valence-corrected chi connectivity index (χ3v) is 2.03. The quantitative estimate of drug-likeness (QED) is 0.749. The van der Waals surface area contributed by atoms with E-state index < -0.39 is 0 Å². The molecular weight excluding hydrogens is 180 g/mol. The highest BCUT2D eigenvalue weighted by atomic mass is 16.5. The summed E-state index contributed by atoms with van der Waals surface area (Å²) in [6, 6.07) is 6.56. The Balaban J connectivity index is 2.73. The summed E-state index contributed by atoms with van der Waals surface area (Å²) in [5.74, 6) is -0.321. The van der Waals surface area contributed by atoms with E-state index in [4.69, 9.17) is 9.84 Å². The highest BCUT2D eigenvalue weighted by Crippen LogP contribution is 2.19. The molecule has 14 heavy (non-hydrogen) atoms. The summed E-state index contributed by atoms with van der Waals surface area (Å²) in [7, 11) is 0. The third-order valence-electron chi connectivity index (χ3n) is 2.03. The summed E-state index contributed by atoms with van der Waals surface area (Å²) >= 11 is 0. The Bertz CT molecular complexity index is 303. The van der Waals surface area contributed by atoms with Crippen molar-refractivity contribution in [3.05, 3.63) is 29.8 Å². The molecule has 0 fully saturated rings. The Hall–Kier alpha value is -1.51. The molecule has 0 aromatic heterocycles. The van der Waals surface area contributed by atoms with Crippen LogP contribution in [0.1, 0.15) is 25.3 Å². The first-order valence-electron chi connectivity index (χ1n) is 4.60. The Labute approximate surface area is 83.3 Å². The van der Waals surface area contributed by atoms with Gasteiger partial charge < -0.3 is 9.84 Å². The van der Waals surface area contributed by atoms with E-state index >= 15 is 0 Å². The lowest BCUT2D eigenvalue weighted by atomic mass is 10.0. The van der Waals surface area contributed by atoms with Gasteiger partial charge in [-0.3, -0.25) is 4.79 Å². The number of esters is 1. The van der Waals surface area contributed by atoms with Crippen LogP contribution in [0.5, 0.6) is 5.75 Å². The Morgan fingerprint density at radius 3 is 2.50 bits per heavy atom. The molecule has 0 saturated carbocycles. The van der Waals surface area contributed by atoms with E-state index in [1.165, 1.54) is 0 Å². The maximum atomic E-state index is 11.3. The Morgan fingerprint density at radius 2 is 2.00 bits per heavy atom. The standard InChI is InChI=1S/C11H14O3/c1-3-14-11(13)8(2)9-4-6-10(12)7-5-9/h4-8,12H,3H2,1-2H3/t8-/m1/s1. The first-order valence-corrected chi connectivity index (χ1v) is 4.60. The second-order valence-corrected chi connectivity index (χ2v) is 3.07. The normalized spacial score (nSPS) is 12.1. The molecule has 1 N–H and O–H groups in total. The van der Waals surface area contributed by atoms with Gasteiger partial charge in [0.1, 0.15) is 5.75 Å². The Kier molecular flexibility index (Phi) is 3.51. The zero-order valence-corrected chi connectivity index (χ0v) is 8.36. The van der Waals surface area contributed by atoms with E-state index in [1.807, 2.05) is 0 Å². The molecule has 76 valence electrons. The zero-order chi connectivity index (χ0) is 10.6. The van der Waals surface area contributed by atoms with Crippen molar-refractivity contribution in [1.29, 1.82) is 0 Å². The summed E-state index contributed by atoms with van der Waals surface area (Å²) in [4.78, 5) is 11.3. The molecule has 1 aromatic carbocycles. The molecule has 0 aliphatic carbocycles. The smallest absolute Gasteiger partial charge is 0.313 e. The van der Waals surface area contributed by atoms with E-state index in [-0.39, 0.29) is 17.6 Å². The van der Waals surface area contributed by atoms with Gasteiger partial charge in [-0.15, -0.1) is 0 Å². The fraction of sp³-hybridized carbons (Fsp3) is 0.364. The van der Waals surface area contributed by atoms with Crippen LogP contribution in [0, 0.1) is 0 Å². The maximum absolute atomic E-state index is 11.3. The van der Waals surface area contributed by atoms with Gasteiger partial charge in [0.05, 0.1) is 12.5 Å². The van der Waals surface area contributed by atoms with Crippen LogP contribution in [0.2, 0.25) is 0 Å². The van der Waals surface area contributed by atoms with Crippen molar-refractivity contribution in [2.45, 2.75) is 19.8 Å². The second kappa shape index (κ2) is 4.65. The number of aromatic hydroxyl groups is 1. The lowest BCUT2D eigenvalue weighted by Gasteiger charge is -2.10. The molecule has 0 bridgehead atoms. The predicted octanol–water partition coefficient (Wildman–Crippen LogP) is 2.06. The molecule has 1 rings (SSSR count). The van der Waals surface area contributed by atoms with E-state index in [9.17, 15) is 4.79 Å². The first kappa shape index (κ1) is 10.6. The molecule has 0 unspecified atom stereocenters. The van der Waals surface area contributed by atoms with Gasteiger partial charge in [0.15, 0.2) is 0 Å². The van der Waals surface area contributed by atoms with Gasteiger partial charge in [0, 0.05) is 0 Å². The average molecular weight is 194 g/mol. The number of carbonyl (C=O) groups is 1. The lowest BCUT2D eigenvalue weighted by molar-refractivity contribution is -0.144. The van der Waals surface area contributed by atoms with Crippen molar-refractivity contribution in [3.8, 4) is 5.75 Å². The van der Waals surface area contributed by atoms with Gasteiger partial charge in [-0.2, -0.15) is 0 Å². The molecule has 0 saturated heterocycles. The highest BCUT2D eigenvalue weighted by Gasteiger charge is 2.15. The fourth-order valence-corrected chi connectivity index (χ4v) is 1.17. The largest absolute Gasteiger partial charge is 0.508 e. The van der Waals surface area contributed by atoms with Crippen LogP contribution in [0.25, 0.3) is 0 Å². The number of carbonyl (C=O) groups excluding carboxylic acids is 1. The van der Waals surface area contributed by atoms with Crippen LogP contribution in [-0.2, 0) is 9.53 Å². The van der Waals surface area contributed by atoms with Crippen molar-refractivity contribution in [2.24, 2.45) is 0 Å². The predicted molar refractivity (Wildman–Crippen MR) is 53.2 cm³/mol. The number of rotatable bonds is 3. The maximum Gasteiger partial charge on any atom is 0.313 e. The monoisotopic (exact) mass is 194 g/mol. The van der Waals surface area contributed by atoms with Crippen LogP contribution in [0.15, 0.2) is 24.3 Å². The molecule has 0 aliphatic heterocycles. The summed E-state index contributed by atoms with van der Waals surface area (Å²) in [6.07, 6.45) is 0. The van der Waals surface area contributed by atoms with E-state index in [1.54, 1.807) is 38.1 Å². The minimum Gasteiger partial charge on any atom is -0.508 e. The van der Waals surface area contributed by atoms with Gasteiger partial charge >= 0.3 is 5.97 Å². The first-order chi connectivity index (χ1) is 6.65. The minimum absolute atomic E-state index is 0.199. The molecular formula is C11H14O3. The van der Waals surface area contributed by atoms with Crippen molar-refractivity contribution in [3.63, 3.8) is 0 Å². The molecule has 3 heteroatoms. The van der Waals surface area contributed by atoms with Crippen molar-refractivity contribution < 1.29 is 14.6 Å². The molecule has 0 aliphatic rings. The summed E-state index contributed by atoms with van der Waals surface area (Å²) < 4.78 is 4.89. The van der Waals surface area contributed by atoms with Crippen LogP contribution in [0.3, 0.4) is 0 Å². The van der Waals surface area contributed by atoms with Crippen molar-refractivity contribution in [2.75, 3.05) is 6.61 Å². The molecule has 0 heterocycles. The number of hydrogen-bond donors (Lipinski definition) is 1. The molecule has 1 aromatic rings. The van der Waals surface area contributed by atoms with Crippen LogP contribution >= 0.6 is 0 Å². The molecule has 0 amide bonds. The van der Waals surface area contributed by atoms with Gasteiger partial charge in [-0.1, -0.05) is 12.1 Å². The second-order valence-electron chi connectivity index (χ2n) is 3.07. The summed E-state index contributed by atoms with van der Waals surface area (Å²) in [6.45, 7) is 3.95. The third kappa shape index (κ3) is 2.49. The summed E-state index contributed by atoms with van der Waals surface area (Å²) in [5, 5.41) is 9.06. The zero-order valence-electron chi connectivity index (χ0n) is 8.36. The highest BCUT2D eigenvalue weighted by molar-refractivity contribution is 5.77. The lowest BCUT2D eigenvalue weighted by Crippen LogP contribution is -2.12. The van der Waals surface area contributed by atoms with Gasteiger partial charge in [-0.05, 0) is 31.5 Å². The molecule has 0 radical (unpaired) electrons. The number of benzene rings is 1. The van der Waals surface area contributed by atoms with Gasteiger partial charge in [0.25, 0.3) is 0 Å². The number of ether oxygens (including phenoxy) is 1. The topological polar surface area (TPSA) is 46.5 Å².